The minimum absolute atomic E-state index is 0.280. The number of fused-ring (bicyclic) bond motifs is 1. The Balaban J connectivity index is 0.000000501. The summed E-state index contributed by atoms with van der Waals surface area (Å²) in [5.41, 5.74) is 1.65. The minimum atomic E-state index is -3.64. The van der Waals surface area contributed by atoms with Gasteiger partial charge in [0, 0.05) is 18.1 Å². The van der Waals surface area contributed by atoms with Gasteiger partial charge in [0.1, 0.15) is 5.75 Å². The zero-order valence-electron chi connectivity index (χ0n) is 17.3. The van der Waals surface area contributed by atoms with Crippen LogP contribution in [0, 0.1) is 0 Å². The molecule has 2 N–H and O–H groups in total. The van der Waals surface area contributed by atoms with E-state index in [1.54, 1.807) is 55.8 Å². The van der Waals surface area contributed by atoms with Gasteiger partial charge in [0.2, 0.25) is 0 Å². The number of likely N-dealkylation sites (N-methyl/N-ethyl adjacent to an activating group) is 1. The van der Waals surface area contributed by atoms with Gasteiger partial charge in [-0.25, -0.2) is 22.0 Å². The molecule has 9 nitrogen and oxygen atoms in total. The van der Waals surface area contributed by atoms with Gasteiger partial charge in [-0.15, -0.1) is 0 Å². The smallest absolute Gasteiger partial charge is 0.414 e. The normalized spacial score (nSPS) is 11.1. The van der Waals surface area contributed by atoms with Crippen molar-refractivity contribution in [3.8, 4) is 5.75 Å². The molecule has 0 amide bonds. The van der Waals surface area contributed by atoms with Gasteiger partial charge in [0.05, 0.1) is 17.5 Å². The van der Waals surface area contributed by atoms with Crippen LogP contribution >= 0.6 is 0 Å². The van der Waals surface area contributed by atoms with E-state index in [1.807, 2.05) is 20.2 Å². The second-order valence-corrected chi connectivity index (χ2v) is 8.63. The summed E-state index contributed by atoms with van der Waals surface area (Å²) in [6, 6.07) is 14.0. The molecule has 0 fully saturated rings. The van der Waals surface area contributed by atoms with E-state index in [1.165, 1.54) is 3.97 Å². The molecule has 3 rings (SSSR count). The van der Waals surface area contributed by atoms with E-state index in [2.05, 4.69) is 4.90 Å². The topological polar surface area (TPSA) is 126 Å². The van der Waals surface area contributed by atoms with E-state index in [0.717, 1.165) is 23.9 Å². The lowest BCUT2D eigenvalue weighted by atomic mass is 10.1. The molecule has 166 valence electrons. The van der Waals surface area contributed by atoms with Gasteiger partial charge in [0.25, 0.3) is 10.0 Å². The molecular weight excluding hydrogens is 424 g/mol. The van der Waals surface area contributed by atoms with E-state index in [-0.39, 0.29) is 4.90 Å². The van der Waals surface area contributed by atoms with Gasteiger partial charge in [-0.2, -0.15) is 0 Å². The maximum absolute atomic E-state index is 13.1. The Morgan fingerprint density at radius 3 is 2.16 bits per heavy atom. The Morgan fingerprint density at radius 1 is 1.03 bits per heavy atom. The third kappa shape index (κ3) is 5.83. The Labute approximate surface area is 180 Å². The van der Waals surface area contributed by atoms with Crippen molar-refractivity contribution in [1.29, 1.82) is 0 Å². The molecule has 0 bridgehead atoms. The summed E-state index contributed by atoms with van der Waals surface area (Å²) >= 11 is 0. The number of benzene rings is 2. The number of methoxy groups -OCH3 is 1. The van der Waals surface area contributed by atoms with Crippen molar-refractivity contribution in [2.24, 2.45) is 0 Å². The Kier molecular flexibility index (Phi) is 7.78. The Bertz CT molecular complexity index is 1160. The summed E-state index contributed by atoms with van der Waals surface area (Å²) in [5.74, 6) is -2.93. The molecule has 31 heavy (non-hydrogen) atoms. The van der Waals surface area contributed by atoms with Crippen molar-refractivity contribution in [2.75, 3.05) is 27.7 Å². The predicted molar refractivity (Wildman–Crippen MR) is 115 cm³/mol. The van der Waals surface area contributed by atoms with E-state index >= 15 is 0 Å². The summed E-state index contributed by atoms with van der Waals surface area (Å²) < 4.78 is 32.8. The summed E-state index contributed by atoms with van der Waals surface area (Å²) in [4.78, 5) is 20.6. The number of hydrogen-bond donors (Lipinski definition) is 2. The second-order valence-electron chi connectivity index (χ2n) is 6.81. The number of hydrogen-bond acceptors (Lipinski definition) is 6. The monoisotopic (exact) mass is 448 g/mol. The summed E-state index contributed by atoms with van der Waals surface area (Å²) in [7, 11) is 1.97. The number of carboxylic acids is 2. The molecule has 0 saturated carbocycles. The first-order chi connectivity index (χ1) is 14.6. The maximum Gasteiger partial charge on any atom is 0.414 e. The van der Waals surface area contributed by atoms with Gasteiger partial charge >= 0.3 is 11.9 Å². The third-order valence-corrected chi connectivity index (χ3v) is 6.06. The highest BCUT2D eigenvalue weighted by Gasteiger charge is 2.21. The fraction of sp³-hybridized carbons (Fsp3) is 0.238. The first-order valence-electron chi connectivity index (χ1n) is 9.17. The van der Waals surface area contributed by atoms with Crippen molar-refractivity contribution >= 4 is 32.9 Å². The molecule has 0 aliphatic carbocycles. The van der Waals surface area contributed by atoms with Crippen molar-refractivity contribution < 1.29 is 33.0 Å². The zero-order chi connectivity index (χ0) is 23.2. The summed E-state index contributed by atoms with van der Waals surface area (Å²) in [5, 5.41) is 15.7. The molecule has 0 aliphatic heterocycles. The fourth-order valence-electron chi connectivity index (χ4n) is 2.82. The third-order valence-electron chi connectivity index (χ3n) is 4.37. The van der Waals surface area contributed by atoms with Crippen LogP contribution in [0.2, 0.25) is 0 Å². The van der Waals surface area contributed by atoms with Gasteiger partial charge < -0.3 is 19.8 Å². The molecule has 0 spiro atoms. The number of carboxylic acid groups (broad SMARTS) is 2. The SMILES string of the molecule is COc1ccc2c(c1)c(CCN(C)C)cn2S(=O)(=O)c1ccccc1.O=C(O)C(=O)O. The van der Waals surface area contributed by atoms with Crippen LogP contribution in [0.3, 0.4) is 0 Å². The maximum atomic E-state index is 13.1. The van der Waals surface area contributed by atoms with Gasteiger partial charge in [-0.1, -0.05) is 18.2 Å². The first kappa shape index (κ1) is 23.9. The first-order valence-corrected chi connectivity index (χ1v) is 10.6. The standard InChI is InChI=1S/C19H22N2O3S.C2H2O4/c1-20(2)12-11-15-14-21(19-10-9-16(24-3)13-18(15)19)25(22,23)17-7-5-4-6-8-17;3-1(4)2(5)6/h4-10,13-14H,11-12H2,1-3H3;(H,3,4)(H,5,6). The molecule has 0 saturated heterocycles. The highest BCUT2D eigenvalue weighted by Crippen LogP contribution is 2.29. The molecule has 10 heteroatoms. The van der Waals surface area contributed by atoms with Crippen molar-refractivity contribution in [1.82, 2.24) is 8.87 Å². The molecule has 0 aliphatic rings. The van der Waals surface area contributed by atoms with Crippen molar-refractivity contribution in [2.45, 2.75) is 11.3 Å². The number of aliphatic carboxylic acids is 2. The highest BCUT2D eigenvalue weighted by atomic mass is 32.2. The molecule has 1 aromatic heterocycles. The van der Waals surface area contributed by atoms with Crippen molar-refractivity contribution in [3.05, 3.63) is 60.3 Å². The van der Waals surface area contributed by atoms with E-state index in [9.17, 15) is 8.42 Å². The number of carbonyl (C=O) groups is 2. The van der Waals surface area contributed by atoms with Crippen LogP contribution in [-0.4, -0.2) is 67.2 Å². The summed E-state index contributed by atoms with van der Waals surface area (Å²) in [6.07, 6.45) is 2.49. The average Bonchev–Trinajstić information content (AvgIpc) is 3.11. The minimum Gasteiger partial charge on any atom is -0.497 e. The van der Waals surface area contributed by atoms with Crippen molar-refractivity contribution in [3.63, 3.8) is 0 Å². The van der Waals surface area contributed by atoms with E-state index in [0.29, 0.717) is 11.3 Å². The highest BCUT2D eigenvalue weighted by molar-refractivity contribution is 7.90. The molecule has 0 radical (unpaired) electrons. The van der Waals surface area contributed by atoms with Crippen LogP contribution in [0.4, 0.5) is 0 Å². The Hall–Kier alpha value is -3.37. The quantitative estimate of drug-likeness (QED) is 0.550. The second kappa shape index (κ2) is 10.1. The Morgan fingerprint density at radius 2 is 1.65 bits per heavy atom. The molecule has 0 unspecified atom stereocenters. The lowest BCUT2D eigenvalue weighted by Gasteiger charge is -2.08. The van der Waals surface area contributed by atoms with Crippen LogP contribution in [0.25, 0.3) is 10.9 Å². The molecule has 1 heterocycles. The van der Waals surface area contributed by atoms with E-state index < -0.39 is 22.0 Å². The molecule has 3 aromatic rings. The number of ether oxygens (including phenoxy) is 1. The lowest BCUT2D eigenvalue weighted by Crippen LogP contribution is -2.15. The van der Waals surface area contributed by atoms with Gasteiger partial charge in [0.15, 0.2) is 0 Å². The van der Waals surface area contributed by atoms with Crippen LogP contribution in [0.15, 0.2) is 59.6 Å². The van der Waals surface area contributed by atoms with Crippen LogP contribution < -0.4 is 4.74 Å². The number of nitrogens with zero attached hydrogens (tertiary/aromatic N) is 2. The fourth-order valence-corrected chi connectivity index (χ4v) is 4.23. The summed E-state index contributed by atoms with van der Waals surface area (Å²) in [6.45, 7) is 0.835. The molecule has 0 atom stereocenters. The number of aromatic nitrogens is 1. The van der Waals surface area contributed by atoms with Crippen LogP contribution in [0.5, 0.6) is 5.75 Å². The molecular formula is C21H24N2O7S. The zero-order valence-corrected chi connectivity index (χ0v) is 18.2. The lowest BCUT2D eigenvalue weighted by molar-refractivity contribution is -0.159. The predicted octanol–water partition coefficient (Wildman–Crippen LogP) is 2.15. The average molecular weight is 448 g/mol. The largest absolute Gasteiger partial charge is 0.497 e. The van der Waals surface area contributed by atoms with Crippen LogP contribution in [-0.2, 0) is 26.0 Å². The number of rotatable bonds is 6. The van der Waals surface area contributed by atoms with Gasteiger partial charge in [-0.3, -0.25) is 0 Å². The molecule has 2 aromatic carbocycles. The van der Waals surface area contributed by atoms with Gasteiger partial charge in [-0.05, 0) is 56.4 Å². The van der Waals surface area contributed by atoms with E-state index in [4.69, 9.17) is 24.5 Å². The van der Waals surface area contributed by atoms with Crippen LogP contribution in [0.1, 0.15) is 5.56 Å².